The van der Waals surface area contributed by atoms with Crippen LogP contribution < -0.4 is 15.6 Å². The van der Waals surface area contributed by atoms with Crippen LogP contribution in [-0.4, -0.2) is 34.6 Å². The number of benzene rings is 2. The van der Waals surface area contributed by atoms with Crippen molar-refractivity contribution in [3.05, 3.63) is 111 Å². The van der Waals surface area contributed by atoms with E-state index in [1.54, 1.807) is 24.3 Å². The van der Waals surface area contributed by atoms with Gasteiger partial charge in [-0.15, -0.1) is 0 Å². The summed E-state index contributed by atoms with van der Waals surface area (Å²) in [7, 11) is 1.44. The maximum atomic E-state index is 13.5. The number of ketones is 1. The Balaban J connectivity index is 1.80. The van der Waals surface area contributed by atoms with E-state index in [0.717, 1.165) is 5.56 Å². The van der Waals surface area contributed by atoms with Crippen molar-refractivity contribution in [1.82, 2.24) is 9.55 Å². The second kappa shape index (κ2) is 11.7. The Morgan fingerprint density at radius 2 is 1.84 bits per heavy atom. The molecule has 4 rings (SSSR count). The summed E-state index contributed by atoms with van der Waals surface area (Å²) in [5, 5.41) is 3.17. The minimum absolute atomic E-state index is 0.196. The standard InChI is InChI=1S/C29H24ClN3O5/c1-18(35)23-11-8-20(30)13-24(23)25-14-28(36)33(16-27(25)38-2)26(12-19-6-4-3-5-7-19)29(37)32-21-9-10-22(17-34)31-15-21/h3-11,13-17,26H,12H2,1-2H3,(H,32,37). The van der Waals surface area contributed by atoms with E-state index in [9.17, 15) is 19.2 Å². The van der Waals surface area contributed by atoms with Crippen LogP contribution in [0.4, 0.5) is 5.69 Å². The van der Waals surface area contributed by atoms with Gasteiger partial charge in [0.25, 0.3) is 5.56 Å². The number of carbonyl (C=O) groups excluding carboxylic acids is 3. The molecule has 2 aromatic heterocycles. The molecule has 0 aliphatic carbocycles. The third-order valence-corrected chi connectivity index (χ3v) is 6.24. The van der Waals surface area contributed by atoms with E-state index >= 15 is 0 Å². The molecule has 1 unspecified atom stereocenters. The molecule has 2 aromatic carbocycles. The van der Waals surface area contributed by atoms with E-state index in [1.165, 1.54) is 43.1 Å². The molecule has 1 atom stereocenters. The first-order valence-electron chi connectivity index (χ1n) is 11.7. The van der Waals surface area contributed by atoms with E-state index in [2.05, 4.69) is 10.3 Å². The summed E-state index contributed by atoms with van der Waals surface area (Å²) >= 11 is 6.20. The highest BCUT2D eigenvalue weighted by Crippen LogP contribution is 2.34. The smallest absolute Gasteiger partial charge is 0.252 e. The van der Waals surface area contributed by atoms with Gasteiger partial charge in [-0.1, -0.05) is 41.9 Å². The zero-order chi connectivity index (χ0) is 27.2. The van der Waals surface area contributed by atoms with Crippen LogP contribution in [0.3, 0.4) is 0 Å². The monoisotopic (exact) mass is 529 g/mol. The molecule has 1 N–H and O–H groups in total. The molecule has 0 fully saturated rings. The maximum absolute atomic E-state index is 13.5. The van der Waals surface area contributed by atoms with Crippen LogP contribution in [0.5, 0.6) is 5.75 Å². The van der Waals surface area contributed by atoms with Gasteiger partial charge in [0.05, 0.1) is 25.2 Å². The van der Waals surface area contributed by atoms with Gasteiger partial charge in [0.15, 0.2) is 12.1 Å². The summed E-state index contributed by atoms with van der Waals surface area (Å²) in [6.07, 6.45) is 3.65. The third-order valence-electron chi connectivity index (χ3n) is 6.00. The minimum Gasteiger partial charge on any atom is -0.495 e. The van der Waals surface area contributed by atoms with Crippen molar-refractivity contribution in [1.29, 1.82) is 0 Å². The minimum atomic E-state index is -0.953. The molecule has 0 saturated carbocycles. The fraction of sp³-hybridized carbons (Fsp3) is 0.138. The summed E-state index contributed by atoms with van der Waals surface area (Å²) in [5.41, 5.74) is 2.19. The normalized spacial score (nSPS) is 11.4. The summed E-state index contributed by atoms with van der Waals surface area (Å²) in [6, 6.07) is 17.5. The van der Waals surface area contributed by atoms with Gasteiger partial charge in [-0.3, -0.25) is 28.7 Å². The van der Waals surface area contributed by atoms with Crippen LogP contribution in [0.2, 0.25) is 5.02 Å². The lowest BCUT2D eigenvalue weighted by molar-refractivity contribution is -0.119. The second-order valence-electron chi connectivity index (χ2n) is 8.53. The average Bonchev–Trinajstić information content (AvgIpc) is 2.92. The van der Waals surface area contributed by atoms with Crippen LogP contribution in [0.25, 0.3) is 11.1 Å². The van der Waals surface area contributed by atoms with Crippen molar-refractivity contribution in [3.8, 4) is 16.9 Å². The van der Waals surface area contributed by atoms with Gasteiger partial charge in [-0.2, -0.15) is 0 Å². The number of ether oxygens (including phenoxy) is 1. The first-order chi connectivity index (χ1) is 18.3. The van der Waals surface area contributed by atoms with E-state index in [0.29, 0.717) is 33.7 Å². The number of Topliss-reactive ketones (excluding diaryl/α,β-unsaturated/α-hetero) is 1. The summed E-state index contributed by atoms with van der Waals surface area (Å²) in [6.45, 7) is 1.43. The van der Waals surface area contributed by atoms with Crippen molar-refractivity contribution in [2.24, 2.45) is 0 Å². The SMILES string of the molecule is COc1cn(C(Cc2ccccc2)C(=O)Nc2ccc(C=O)nc2)c(=O)cc1-c1cc(Cl)ccc1C(C)=O. The topological polar surface area (TPSA) is 107 Å². The molecule has 0 saturated heterocycles. The first-order valence-corrected chi connectivity index (χ1v) is 12.1. The number of amides is 1. The molecule has 0 bridgehead atoms. The zero-order valence-electron chi connectivity index (χ0n) is 20.7. The molecule has 192 valence electrons. The fourth-order valence-electron chi connectivity index (χ4n) is 4.12. The van der Waals surface area contributed by atoms with Crippen molar-refractivity contribution in [3.63, 3.8) is 0 Å². The van der Waals surface area contributed by atoms with Gasteiger partial charge in [0.1, 0.15) is 17.5 Å². The number of pyridine rings is 2. The molecule has 1 amide bonds. The Morgan fingerprint density at radius 1 is 1.08 bits per heavy atom. The van der Waals surface area contributed by atoms with E-state index in [1.807, 2.05) is 30.3 Å². The lowest BCUT2D eigenvalue weighted by Gasteiger charge is -2.22. The Bertz CT molecular complexity index is 1550. The third kappa shape index (κ3) is 5.87. The van der Waals surface area contributed by atoms with Gasteiger partial charge in [0, 0.05) is 28.6 Å². The summed E-state index contributed by atoms with van der Waals surface area (Å²) in [5.74, 6) is -0.366. The molecule has 0 aliphatic heterocycles. The van der Waals surface area contributed by atoms with Crippen molar-refractivity contribution in [2.45, 2.75) is 19.4 Å². The van der Waals surface area contributed by atoms with E-state index < -0.39 is 17.5 Å². The van der Waals surface area contributed by atoms with E-state index in [-0.39, 0.29) is 23.6 Å². The quantitative estimate of drug-likeness (QED) is 0.241. The number of hydrogen-bond donors (Lipinski definition) is 1. The van der Waals surface area contributed by atoms with Crippen LogP contribution in [0, 0.1) is 0 Å². The van der Waals surface area contributed by atoms with Gasteiger partial charge in [-0.25, -0.2) is 0 Å². The maximum Gasteiger partial charge on any atom is 0.252 e. The number of methoxy groups -OCH3 is 1. The highest BCUT2D eigenvalue weighted by Gasteiger charge is 2.25. The van der Waals surface area contributed by atoms with Gasteiger partial charge >= 0.3 is 0 Å². The Labute approximate surface area is 223 Å². The number of nitrogens with one attached hydrogen (secondary N) is 1. The first kappa shape index (κ1) is 26.5. The summed E-state index contributed by atoms with van der Waals surface area (Å²) in [4.78, 5) is 54.1. The van der Waals surface area contributed by atoms with Gasteiger partial charge in [0.2, 0.25) is 5.91 Å². The number of anilines is 1. The van der Waals surface area contributed by atoms with Crippen LogP contribution in [0.1, 0.15) is 39.4 Å². The number of aromatic nitrogens is 2. The zero-order valence-corrected chi connectivity index (χ0v) is 21.4. The molecule has 0 spiro atoms. The van der Waals surface area contributed by atoms with Gasteiger partial charge < -0.3 is 10.1 Å². The molecule has 4 aromatic rings. The molecule has 2 heterocycles. The highest BCUT2D eigenvalue weighted by molar-refractivity contribution is 6.31. The molecule has 0 radical (unpaired) electrons. The molecule has 0 aliphatic rings. The largest absolute Gasteiger partial charge is 0.495 e. The van der Waals surface area contributed by atoms with Gasteiger partial charge in [-0.05, 0) is 48.4 Å². The lowest BCUT2D eigenvalue weighted by Crippen LogP contribution is -2.34. The number of nitrogens with zero attached hydrogens (tertiary/aromatic N) is 2. The van der Waals surface area contributed by atoms with Crippen molar-refractivity contribution >= 4 is 35.3 Å². The van der Waals surface area contributed by atoms with Crippen LogP contribution in [-0.2, 0) is 11.2 Å². The Kier molecular flexibility index (Phi) is 8.13. The predicted octanol–water partition coefficient (Wildman–Crippen LogP) is 5.01. The number of halogens is 1. The number of hydrogen-bond acceptors (Lipinski definition) is 6. The Morgan fingerprint density at radius 3 is 2.47 bits per heavy atom. The molecule has 8 nitrogen and oxygen atoms in total. The number of carbonyl (C=O) groups is 3. The second-order valence-corrected chi connectivity index (χ2v) is 8.97. The molecule has 9 heteroatoms. The predicted molar refractivity (Wildman–Crippen MR) is 145 cm³/mol. The number of rotatable bonds is 9. The molecular formula is C29H24ClN3O5. The molecule has 38 heavy (non-hydrogen) atoms. The Hall–Kier alpha value is -4.56. The summed E-state index contributed by atoms with van der Waals surface area (Å²) < 4.78 is 6.91. The highest BCUT2D eigenvalue weighted by atomic mass is 35.5. The average molecular weight is 530 g/mol. The number of aldehydes is 1. The molecular weight excluding hydrogens is 506 g/mol. The lowest BCUT2D eigenvalue weighted by atomic mass is 9.97. The van der Waals surface area contributed by atoms with Crippen LogP contribution in [0.15, 0.2) is 83.9 Å². The van der Waals surface area contributed by atoms with E-state index in [4.69, 9.17) is 16.3 Å². The fourth-order valence-corrected chi connectivity index (χ4v) is 4.29. The van der Waals surface area contributed by atoms with Crippen LogP contribution >= 0.6 is 11.6 Å². The van der Waals surface area contributed by atoms with Crippen molar-refractivity contribution < 1.29 is 19.1 Å². The van der Waals surface area contributed by atoms with Crippen molar-refractivity contribution in [2.75, 3.05) is 12.4 Å².